The van der Waals surface area contributed by atoms with Gasteiger partial charge in [-0.2, -0.15) is 0 Å². The zero-order valence-corrected chi connectivity index (χ0v) is 15.8. The van der Waals surface area contributed by atoms with E-state index in [0.29, 0.717) is 54.6 Å². The van der Waals surface area contributed by atoms with Gasteiger partial charge in [0, 0.05) is 48.2 Å². The first kappa shape index (κ1) is 18.7. The summed E-state index contributed by atoms with van der Waals surface area (Å²) in [6.45, 7) is 2.16. The minimum Gasteiger partial charge on any atom is -0.339 e. The zero-order valence-electron chi connectivity index (χ0n) is 14.3. The number of carbonyl (C=O) groups is 2. The minimum absolute atomic E-state index is 0.0457. The molecule has 1 aliphatic heterocycles. The number of amides is 2. The first-order chi connectivity index (χ1) is 12.5. The predicted molar refractivity (Wildman–Crippen MR) is 104 cm³/mol. The summed E-state index contributed by atoms with van der Waals surface area (Å²) >= 11 is 12.1. The van der Waals surface area contributed by atoms with E-state index < -0.39 is 0 Å². The fourth-order valence-electron chi connectivity index (χ4n) is 3.06. The molecule has 0 saturated carbocycles. The lowest BCUT2D eigenvalue weighted by Crippen LogP contribution is -2.50. The van der Waals surface area contributed by atoms with Crippen LogP contribution in [0.4, 0.5) is 0 Å². The van der Waals surface area contributed by atoms with Crippen molar-refractivity contribution in [2.24, 2.45) is 0 Å². The molecule has 2 aromatic carbocycles. The van der Waals surface area contributed by atoms with E-state index >= 15 is 0 Å². The molecule has 0 bridgehead atoms. The van der Waals surface area contributed by atoms with Crippen molar-refractivity contribution >= 4 is 35.0 Å². The molecular formula is C20H20Cl2N2O2. The minimum atomic E-state index is -0.0457. The Kier molecular flexibility index (Phi) is 6.17. The third-order valence-corrected chi connectivity index (χ3v) is 5.16. The third-order valence-electron chi connectivity index (χ3n) is 4.56. The normalized spacial score (nSPS) is 14.4. The van der Waals surface area contributed by atoms with Gasteiger partial charge in [0.15, 0.2) is 0 Å². The van der Waals surface area contributed by atoms with Crippen LogP contribution in [-0.2, 0) is 11.2 Å². The Hall–Kier alpha value is -2.04. The topological polar surface area (TPSA) is 40.6 Å². The highest BCUT2D eigenvalue weighted by Crippen LogP contribution is 2.18. The van der Waals surface area contributed by atoms with Crippen molar-refractivity contribution in [2.75, 3.05) is 26.2 Å². The molecule has 0 radical (unpaired) electrons. The monoisotopic (exact) mass is 390 g/mol. The summed E-state index contributed by atoms with van der Waals surface area (Å²) in [7, 11) is 0. The van der Waals surface area contributed by atoms with Gasteiger partial charge < -0.3 is 9.80 Å². The van der Waals surface area contributed by atoms with Gasteiger partial charge in [-0.3, -0.25) is 9.59 Å². The summed E-state index contributed by atoms with van der Waals surface area (Å²) in [5.74, 6) is 0.0513. The van der Waals surface area contributed by atoms with Crippen LogP contribution in [0.3, 0.4) is 0 Å². The first-order valence-electron chi connectivity index (χ1n) is 8.60. The van der Waals surface area contributed by atoms with E-state index in [1.54, 1.807) is 29.2 Å². The number of hydrogen-bond acceptors (Lipinski definition) is 2. The maximum atomic E-state index is 12.5. The lowest BCUT2D eigenvalue weighted by Gasteiger charge is -2.35. The number of nitrogens with zero attached hydrogens (tertiary/aromatic N) is 2. The summed E-state index contributed by atoms with van der Waals surface area (Å²) in [6.07, 6.45) is 1.05. The van der Waals surface area contributed by atoms with Crippen molar-refractivity contribution in [3.8, 4) is 0 Å². The van der Waals surface area contributed by atoms with E-state index in [2.05, 4.69) is 0 Å². The second-order valence-electron chi connectivity index (χ2n) is 6.27. The smallest absolute Gasteiger partial charge is 0.254 e. The van der Waals surface area contributed by atoms with Gasteiger partial charge in [0.1, 0.15) is 0 Å². The molecule has 0 unspecified atom stereocenters. The first-order valence-corrected chi connectivity index (χ1v) is 9.36. The Morgan fingerprint density at radius 3 is 2.27 bits per heavy atom. The lowest BCUT2D eigenvalue weighted by atomic mass is 10.1. The van der Waals surface area contributed by atoms with Crippen molar-refractivity contribution in [1.82, 2.24) is 9.80 Å². The van der Waals surface area contributed by atoms with Crippen LogP contribution in [-0.4, -0.2) is 47.8 Å². The van der Waals surface area contributed by atoms with Crippen LogP contribution in [0.15, 0.2) is 48.5 Å². The molecule has 0 aliphatic carbocycles. The quantitative estimate of drug-likeness (QED) is 0.793. The van der Waals surface area contributed by atoms with E-state index in [4.69, 9.17) is 23.2 Å². The van der Waals surface area contributed by atoms with Crippen LogP contribution < -0.4 is 0 Å². The number of piperazine rings is 1. The maximum absolute atomic E-state index is 12.5. The largest absolute Gasteiger partial charge is 0.339 e. The average molecular weight is 391 g/mol. The summed E-state index contributed by atoms with van der Waals surface area (Å²) in [4.78, 5) is 28.5. The highest BCUT2D eigenvalue weighted by Gasteiger charge is 2.24. The van der Waals surface area contributed by atoms with Crippen molar-refractivity contribution in [3.63, 3.8) is 0 Å². The molecule has 1 fully saturated rings. The summed E-state index contributed by atoms with van der Waals surface area (Å²) < 4.78 is 0. The van der Waals surface area contributed by atoms with Gasteiger partial charge in [-0.15, -0.1) is 0 Å². The zero-order chi connectivity index (χ0) is 18.5. The number of rotatable bonds is 4. The maximum Gasteiger partial charge on any atom is 0.254 e. The van der Waals surface area contributed by atoms with Crippen LogP contribution >= 0.6 is 23.2 Å². The summed E-state index contributed by atoms with van der Waals surface area (Å²) in [6, 6.07) is 14.5. The Morgan fingerprint density at radius 2 is 1.58 bits per heavy atom. The Bertz CT molecular complexity index is 802. The molecule has 136 valence electrons. The Morgan fingerprint density at radius 1 is 0.885 bits per heavy atom. The van der Waals surface area contributed by atoms with E-state index in [1.165, 1.54) is 0 Å². The average Bonchev–Trinajstić information content (AvgIpc) is 2.66. The second kappa shape index (κ2) is 8.56. The van der Waals surface area contributed by atoms with Crippen LogP contribution in [0.1, 0.15) is 22.3 Å². The van der Waals surface area contributed by atoms with E-state index in [1.807, 2.05) is 29.2 Å². The van der Waals surface area contributed by atoms with Crippen molar-refractivity contribution < 1.29 is 9.59 Å². The van der Waals surface area contributed by atoms with E-state index in [9.17, 15) is 9.59 Å². The SMILES string of the molecule is O=C(CCc1ccccc1Cl)N1CCN(C(=O)c2cccc(Cl)c2)CC1. The van der Waals surface area contributed by atoms with Crippen LogP contribution in [0.25, 0.3) is 0 Å². The molecule has 1 heterocycles. The van der Waals surface area contributed by atoms with Crippen molar-refractivity contribution in [3.05, 3.63) is 69.7 Å². The van der Waals surface area contributed by atoms with Crippen LogP contribution in [0.2, 0.25) is 10.0 Å². The highest BCUT2D eigenvalue weighted by molar-refractivity contribution is 6.31. The molecular weight excluding hydrogens is 371 g/mol. The predicted octanol–water partition coefficient (Wildman–Crippen LogP) is 3.91. The summed E-state index contributed by atoms with van der Waals surface area (Å²) in [5.41, 5.74) is 1.56. The van der Waals surface area contributed by atoms with Crippen LogP contribution in [0, 0.1) is 0 Å². The van der Waals surface area contributed by atoms with E-state index in [-0.39, 0.29) is 11.8 Å². The molecule has 2 aromatic rings. The lowest BCUT2D eigenvalue weighted by molar-refractivity contribution is -0.132. The number of aryl methyl sites for hydroxylation is 1. The molecule has 6 heteroatoms. The molecule has 0 atom stereocenters. The van der Waals surface area contributed by atoms with Gasteiger partial charge in [0.05, 0.1) is 0 Å². The second-order valence-corrected chi connectivity index (χ2v) is 7.12. The highest BCUT2D eigenvalue weighted by atomic mass is 35.5. The molecule has 1 aliphatic rings. The van der Waals surface area contributed by atoms with Crippen molar-refractivity contribution in [2.45, 2.75) is 12.8 Å². The van der Waals surface area contributed by atoms with Gasteiger partial charge in [0.25, 0.3) is 5.91 Å². The molecule has 2 amide bonds. The van der Waals surface area contributed by atoms with Gasteiger partial charge in [-0.1, -0.05) is 47.5 Å². The van der Waals surface area contributed by atoms with Crippen molar-refractivity contribution in [1.29, 1.82) is 0 Å². The number of benzene rings is 2. The fourth-order valence-corrected chi connectivity index (χ4v) is 3.48. The number of carbonyl (C=O) groups excluding carboxylic acids is 2. The molecule has 0 spiro atoms. The Balaban J connectivity index is 1.51. The molecule has 0 N–H and O–H groups in total. The molecule has 1 saturated heterocycles. The van der Waals surface area contributed by atoms with Gasteiger partial charge in [0.2, 0.25) is 5.91 Å². The van der Waals surface area contributed by atoms with Gasteiger partial charge in [-0.05, 0) is 36.2 Å². The molecule has 4 nitrogen and oxygen atoms in total. The third kappa shape index (κ3) is 4.57. The standard InChI is InChI=1S/C20H20Cl2N2O2/c21-17-6-3-5-16(14-17)20(26)24-12-10-23(11-13-24)19(25)9-8-15-4-1-2-7-18(15)22/h1-7,14H,8-13H2. The molecule has 26 heavy (non-hydrogen) atoms. The fraction of sp³-hybridized carbons (Fsp3) is 0.300. The van der Waals surface area contributed by atoms with E-state index in [0.717, 1.165) is 5.56 Å². The molecule has 0 aromatic heterocycles. The number of hydrogen-bond donors (Lipinski definition) is 0. The van der Waals surface area contributed by atoms with Crippen LogP contribution in [0.5, 0.6) is 0 Å². The molecule has 3 rings (SSSR count). The van der Waals surface area contributed by atoms with Gasteiger partial charge >= 0.3 is 0 Å². The Labute approximate surface area is 163 Å². The number of halogens is 2. The van der Waals surface area contributed by atoms with Gasteiger partial charge in [-0.25, -0.2) is 0 Å². The summed E-state index contributed by atoms with van der Waals surface area (Å²) in [5, 5.41) is 1.24.